The normalized spacial score (nSPS) is 14.9. The maximum absolute atomic E-state index is 13.7. The average molecular weight is 512 g/mol. The highest BCUT2D eigenvalue weighted by Crippen LogP contribution is 2.38. The number of thiophene rings is 1. The van der Waals surface area contributed by atoms with Crippen LogP contribution in [0, 0.1) is 10.1 Å². The van der Waals surface area contributed by atoms with Crippen molar-refractivity contribution in [3.63, 3.8) is 0 Å². The van der Waals surface area contributed by atoms with Crippen LogP contribution in [0.2, 0.25) is 5.02 Å². The third-order valence-corrected chi connectivity index (χ3v) is 7.42. The van der Waals surface area contributed by atoms with Crippen molar-refractivity contribution in [2.75, 3.05) is 19.6 Å². The Bertz CT molecular complexity index is 1230. The quantitative estimate of drug-likeness (QED) is 0.286. The molecule has 0 spiro atoms. The first-order valence-corrected chi connectivity index (χ1v) is 12.8. The van der Waals surface area contributed by atoms with Crippen molar-refractivity contribution < 1.29 is 14.5 Å². The Labute approximate surface area is 213 Å². The van der Waals surface area contributed by atoms with Crippen LogP contribution in [-0.4, -0.2) is 46.2 Å². The van der Waals surface area contributed by atoms with Gasteiger partial charge in [0.2, 0.25) is 5.91 Å². The Morgan fingerprint density at radius 1 is 1.20 bits per heavy atom. The molecule has 182 valence electrons. The molecule has 2 heterocycles. The monoisotopic (exact) mass is 511 g/mol. The number of nitro groups is 1. The third-order valence-electron chi connectivity index (χ3n) is 6.17. The molecule has 2 amide bonds. The van der Waals surface area contributed by atoms with Crippen LogP contribution in [-0.2, 0) is 11.2 Å². The summed E-state index contributed by atoms with van der Waals surface area (Å²) < 4.78 is 0. The van der Waals surface area contributed by atoms with Crippen LogP contribution in [0.15, 0.2) is 60.0 Å². The Morgan fingerprint density at radius 3 is 2.69 bits per heavy atom. The van der Waals surface area contributed by atoms with E-state index in [1.807, 2.05) is 41.5 Å². The van der Waals surface area contributed by atoms with E-state index in [0.29, 0.717) is 18.1 Å². The third kappa shape index (κ3) is 5.55. The first kappa shape index (κ1) is 24.9. The van der Waals surface area contributed by atoms with E-state index >= 15 is 0 Å². The smallest absolute Gasteiger partial charge is 0.270 e. The van der Waals surface area contributed by atoms with Gasteiger partial charge >= 0.3 is 0 Å². The number of halogens is 1. The van der Waals surface area contributed by atoms with Crippen molar-refractivity contribution in [2.45, 2.75) is 32.2 Å². The van der Waals surface area contributed by atoms with Gasteiger partial charge in [0.1, 0.15) is 6.54 Å². The van der Waals surface area contributed by atoms with E-state index in [1.54, 1.807) is 17.4 Å². The lowest BCUT2D eigenvalue weighted by atomic mass is 9.93. The topological polar surface area (TPSA) is 83.8 Å². The minimum absolute atomic E-state index is 0.0922. The molecule has 1 unspecified atom stereocenters. The van der Waals surface area contributed by atoms with Crippen LogP contribution >= 0.6 is 22.9 Å². The number of unbranched alkanes of at least 4 members (excludes halogenated alkanes) is 1. The van der Waals surface area contributed by atoms with Crippen molar-refractivity contribution in [2.24, 2.45) is 0 Å². The van der Waals surface area contributed by atoms with Crippen LogP contribution in [0.4, 0.5) is 5.69 Å². The second kappa shape index (κ2) is 11.0. The van der Waals surface area contributed by atoms with E-state index in [-0.39, 0.29) is 35.7 Å². The molecule has 1 aliphatic heterocycles. The molecule has 2 aromatic carbocycles. The maximum Gasteiger partial charge on any atom is 0.270 e. The predicted octanol–water partition coefficient (Wildman–Crippen LogP) is 5.73. The molecule has 0 saturated heterocycles. The van der Waals surface area contributed by atoms with Crippen molar-refractivity contribution in [3.8, 4) is 0 Å². The van der Waals surface area contributed by atoms with Gasteiger partial charge in [-0.2, -0.15) is 0 Å². The number of fused-ring (bicyclic) bond motifs is 1. The number of nitrogens with zero attached hydrogens (tertiary/aromatic N) is 3. The first-order chi connectivity index (χ1) is 16.9. The molecule has 0 aliphatic carbocycles. The molecular weight excluding hydrogens is 486 g/mol. The predicted molar refractivity (Wildman–Crippen MR) is 137 cm³/mol. The lowest BCUT2D eigenvalue weighted by molar-refractivity contribution is -0.384. The summed E-state index contributed by atoms with van der Waals surface area (Å²) in [7, 11) is 0. The number of hydrogen-bond donors (Lipinski definition) is 0. The van der Waals surface area contributed by atoms with E-state index in [9.17, 15) is 19.7 Å². The van der Waals surface area contributed by atoms with Crippen molar-refractivity contribution in [1.29, 1.82) is 0 Å². The number of benzene rings is 2. The summed E-state index contributed by atoms with van der Waals surface area (Å²) in [5.74, 6) is -0.538. The Morgan fingerprint density at radius 2 is 1.97 bits per heavy atom. The first-order valence-electron chi connectivity index (χ1n) is 11.5. The van der Waals surface area contributed by atoms with Gasteiger partial charge < -0.3 is 9.80 Å². The molecule has 1 aliphatic rings. The number of carbonyl (C=O) groups excluding carboxylic acids is 2. The van der Waals surface area contributed by atoms with E-state index in [2.05, 4.69) is 6.07 Å². The largest absolute Gasteiger partial charge is 0.330 e. The molecule has 0 bridgehead atoms. The average Bonchev–Trinajstić information content (AvgIpc) is 3.35. The van der Waals surface area contributed by atoms with Gasteiger partial charge in [-0.15, -0.1) is 11.3 Å². The summed E-state index contributed by atoms with van der Waals surface area (Å²) >= 11 is 7.79. The zero-order valence-corrected chi connectivity index (χ0v) is 20.9. The molecule has 35 heavy (non-hydrogen) atoms. The Balaban J connectivity index is 1.61. The highest BCUT2D eigenvalue weighted by atomic mass is 35.5. The van der Waals surface area contributed by atoms with E-state index in [1.165, 1.54) is 28.0 Å². The second-order valence-corrected chi connectivity index (χ2v) is 9.92. The van der Waals surface area contributed by atoms with Gasteiger partial charge in [-0.1, -0.05) is 43.1 Å². The lowest BCUT2D eigenvalue weighted by Crippen LogP contribution is -2.47. The van der Waals surface area contributed by atoms with E-state index < -0.39 is 4.92 Å². The molecule has 0 N–H and O–H groups in total. The SMILES string of the molecule is CCCCN(CC(=O)N1CCc2sccc2C1c1ccc(Cl)cc1)C(=O)c1cccc([N+](=O)[O-])c1. The minimum Gasteiger partial charge on any atom is -0.330 e. The summed E-state index contributed by atoms with van der Waals surface area (Å²) in [6, 6.07) is 15.0. The number of rotatable bonds is 8. The summed E-state index contributed by atoms with van der Waals surface area (Å²) in [5, 5.41) is 13.9. The zero-order chi connectivity index (χ0) is 24.9. The Hall–Kier alpha value is -3.23. The van der Waals surface area contributed by atoms with Gasteiger partial charge in [-0.25, -0.2) is 0 Å². The summed E-state index contributed by atoms with van der Waals surface area (Å²) in [6.45, 7) is 2.86. The van der Waals surface area contributed by atoms with Crippen LogP contribution < -0.4 is 0 Å². The fourth-order valence-corrected chi connectivity index (χ4v) is 5.41. The standard InChI is InChI=1S/C26H26ClN3O4S/c1-2-3-13-28(26(32)19-5-4-6-21(16-19)30(33)34)17-24(31)29-14-11-23-22(12-15-35-23)25(29)18-7-9-20(27)10-8-18/h4-10,12,15-16,25H,2-3,11,13-14,17H2,1H3. The molecule has 0 radical (unpaired) electrons. The minimum atomic E-state index is -0.527. The van der Waals surface area contributed by atoms with Crippen LogP contribution in [0.5, 0.6) is 0 Å². The number of amides is 2. The molecule has 9 heteroatoms. The number of carbonyl (C=O) groups is 2. The van der Waals surface area contributed by atoms with E-state index in [4.69, 9.17) is 11.6 Å². The van der Waals surface area contributed by atoms with Gasteiger partial charge in [-0.3, -0.25) is 19.7 Å². The molecule has 1 aromatic heterocycles. The molecule has 0 saturated carbocycles. The lowest BCUT2D eigenvalue weighted by Gasteiger charge is -2.37. The fourth-order valence-electron chi connectivity index (χ4n) is 4.38. The van der Waals surface area contributed by atoms with Gasteiger partial charge in [0, 0.05) is 40.7 Å². The molecule has 4 rings (SSSR count). The van der Waals surface area contributed by atoms with Gasteiger partial charge in [0.15, 0.2) is 0 Å². The molecular formula is C26H26ClN3O4S. The van der Waals surface area contributed by atoms with Gasteiger partial charge in [-0.05, 0) is 53.6 Å². The summed E-state index contributed by atoms with van der Waals surface area (Å²) in [6.07, 6.45) is 2.34. The summed E-state index contributed by atoms with van der Waals surface area (Å²) in [4.78, 5) is 42.2. The maximum atomic E-state index is 13.7. The highest BCUT2D eigenvalue weighted by Gasteiger charge is 2.34. The van der Waals surface area contributed by atoms with Gasteiger partial charge in [0.05, 0.1) is 11.0 Å². The molecule has 7 nitrogen and oxygen atoms in total. The van der Waals surface area contributed by atoms with Crippen LogP contribution in [0.25, 0.3) is 0 Å². The number of hydrogen-bond acceptors (Lipinski definition) is 5. The fraction of sp³-hybridized carbons (Fsp3) is 0.308. The molecule has 0 fully saturated rings. The molecule has 1 atom stereocenters. The summed E-state index contributed by atoms with van der Waals surface area (Å²) in [5.41, 5.74) is 2.12. The number of non-ortho nitro benzene ring substituents is 1. The molecule has 3 aromatic rings. The van der Waals surface area contributed by atoms with Crippen LogP contribution in [0.3, 0.4) is 0 Å². The highest BCUT2D eigenvalue weighted by molar-refractivity contribution is 7.10. The van der Waals surface area contributed by atoms with Crippen molar-refractivity contribution >= 4 is 40.4 Å². The van der Waals surface area contributed by atoms with Crippen LogP contribution in [0.1, 0.15) is 52.2 Å². The van der Waals surface area contributed by atoms with E-state index in [0.717, 1.165) is 30.4 Å². The Kier molecular flexibility index (Phi) is 7.83. The van der Waals surface area contributed by atoms with Crippen molar-refractivity contribution in [3.05, 3.63) is 96.7 Å². The zero-order valence-electron chi connectivity index (χ0n) is 19.4. The van der Waals surface area contributed by atoms with Gasteiger partial charge in [0.25, 0.3) is 11.6 Å². The van der Waals surface area contributed by atoms with Crippen molar-refractivity contribution in [1.82, 2.24) is 9.80 Å². The second-order valence-electron chi connectivity index (χ2n) is 8.48. The number of nitro benzene ring substituents is 1.